The third kappa shape index (κ3) is 3.77. The predicted molar refractivity (Wildman–Crippen MR) is 80.3 cm³/mol. The molecule has 0 saturated carbocycles. The number of aryl methyl sites for hydroxylation is 1. The molecule has 0 atom stereocenters. The smallest absolute Gasteiger partial charge is 0.161 e. The van der Waals surface area contributed by atoms with Crippen LogP contribution >= 0.6 is 11.3 Å². The van der Waals surface area contributed by atoms with Crippen molar-refractivity contribution in [1.29, 1.82) is 0 Å². The Bertz CT molecular complexity index is 635. The second-order valence-corrected chi connectivity index (χ2v) is 5.20. The molecule has 2 rings (SSSR count). The van der Waals surface area contributed by atoms with Crippen molar-refractivity contribution in [3.8, 4) is 23.3 Å². The SMILES string of the molecule is COc1cc(C)ccc1OCc1cc(C#CCO)cs1. The fourth-order valence-electron chi connectivity index (χ4n) is 1.71. The van der Waals surface area contributed by atoms with Gasteiger partial charge in [0.25, 0.3) is 0 Å². The molecule has 0 amide bonds. The first kappa shape index (κ1) is 14.4. The lowest BCUT2D eigenvalue weighted by Crippen LogP contribution is -1.96. The van der Waals surface area contributed by atoms with E-state index in [2.05, 4.69) is 11.8 Å². The predicted octanol–water partition coefficient (Wildman–Crippen LogP) is 2.99. The normalized spacial score (nSPS) is 9.75. The third-order valence-corrected chi connectivity index (χ3v) is 3.56. The molecule has 0 aliphatic carbocycles. The van der Waals surface area contributed by atoms with E-state index in [1.807, 2.05) is 36.6 Å². The molecule has 0 aliphatic rings. The summed E-state index contributed by atoms with van der Waals surface area (Å²) in [6.07, 6.45) is 0. The second-order valence-electron chi connectivity index (χ2n) is 4.20. The lowest BCUT2D eigenvalue weighted by atomic mass is 10.2. The van der Waals surface area contributed by atoms with E-state index in [-0.39, 0.29) is 6.61 Å². The molecular formula is C16H16O3S. The van der Waals surface area contributed by atoms with Gasteiger partial charge in [0.15, 0.2) is 11.5 Å². The molecule has 0 radical (unpaired) electrons. The molecule has 1 heterocycles. The number of methoxy groups -OCH3 is 1. The Hall–Kier alpha value is -1.96. The van der Waals surface area contributed by atoms with Gasteiger partial charge in [0.1, 0.15) is 13.2 Å². The number of hydrogen-bond acceptors (Lipinski definition) is 4. The van der Waals surface area contributed by atoms with E-state index in [4.69, 9.17) is 14.6 Å². The zero-order valence-corrected chi connectivity index (χ0v) is 12.3. The summed E-state index contributed by atoms with van der Waals surface area (Å²) in [6, 6.07) is 7.81. The number of hydrogen-bond donors (Lipinski definition) is 1. The summed E-state index contributed by atoms with van der Waals surface area (Å²) in [5.74, 6) is 6.97. The molecule has 0 saturated heterocycles. The van der Waals surface area contributed by atoms with Crippen molar-refractivity contribution in [2.75, 3.05) is 13.7 Å². The number of thiophene rings is 1. The van der Waals surface area contributed by atoms with Crippen LogP contribution in [0.1, 0.15) is 16.0 Å². The van der Waals surface area contributed by atoms with Gasteiger partial charge in [-0.1, -0.05) is 17.9 Å². The summed E-state index contributed by atoms with van der Waals surface area (Å²) in [5.41, 5.74) is 2.03. The van der Waals surface area contributed by atoms with Crippen LogP contribution in [-0.2, 0) is 6.61 Å². The first-order valence-electron chi connectivity index (χ1n) is 6.17. The summed E-state index contributed by atoms with van der Waals surface area (Å²) >= 11 is 1.59. The highest BCUT2D eigenvalue weighted by Crippen LogP contribution is 2.29. The van der Waals surface area contributed by atoms with E-state index >= 15 is 0 Å². The molecular weight excluding hydrogens is 272 g/mol. The number of rotatable bonds is 4. The minimum atomic E-state index is -0.123. The highest BCUT2D eigenvalue weighted by molar-refractivity contribution is 7.10. The van der Waals surface area contributed by atoms with Gasteiger partial charge in [-0.3, -0.25) is 0 Å². The van der Waals surface area contributed by atoms with Crippen LogP contribution in [0.4, 0.5) is 0 Å². The molecule has 2 aromatic rings. The average molecular weight is 288 g/mol. The van der Waals surface area contributed by atoms with Crippen LogP contribution in [0.15, 0.2) is 29.6 Å². The molecule has 1 N–H and O–H groups in total. The Morgan fingerprint density at radius 3 is 2.85 bits per heavy atom. The maximum atomic E-state index is 8.66. The van der Waals surface area contributed by atoms with Gasteiger partial charge in [-0.15, -0.1) is 11.3 Å². The van der Waals surface area contributed by atoms with Crippen LogP contribution in [0, 0.1) is 18.8 Å². The van der Waals surface area contributed by atoms with Gasteiger partial charge in [-0.2, -0.15) is 0 Å². The summed E-state index contributed by atoms with van der Waals surface area (Å²) in [7, 11) is 1.63. The molecule has 1 aromatic carbocycles. The van der Waals surface area contributed by atoms with E-state index < -0.39 is 0 Å². The lowest BCUT2D eigenvalue weighted by molar-refractivity contribution is 0.287. The van der Waals surface area contributed by atoms with E-state index in [0.29, 0.717) is 6.61 Å². The van der Waals surface area contributed by atoms with Gasteiger partial charge in [0.2, 0.25) is 0 Å². The Morgan fingerprint density at radius 2 is 2.10 bits per heavy atom. The van der Waals surface area contributed by atoms with Crippen molar-refractivity contribution >= 4 is 11.3 Å². The van der Waals surface area contributed by atoms with Crippen LogP contribution in [0.3, 0.4) is 0 Å². The van der Waals surface area contributed by atoms with Gasteiger partial charge in [-0.25, -0.2) is 0 Å². The van der Waals surface area contributed by atoms with E-state index in [1.54, 1.807) is 18.4 Å². The highest BCUT2D eigenvalue weighted by atomic mass is 32.1. The fraction of sp³-hybridized carbons (Fsp3) is 0.250. The molecule has 0 bridgehead atoms. The van der Waals surface area contributed by atoms with Gasteiger partial charge in [0.05, 0.1) is 7.11 Å². The van der Waals surface area contributed by atoms with E-state index in [1.165, 1.54) is 0 Å². The highest BCUT2D eigenvalue weighted by Gasteiger charge is 2.05. The monoisotopic (exact) mass is 288 g/mol. The van der Waals surface area contributed by atoms with Gasteiger partial charge in [-0.05, 0) is 30.7 Å². The second kappa shape index (κ2) is 6.99. The Labute approximate surface area is 122 Å². The zero-order valence-electron chi connectivity index (χ0n) is 11.5. The van der Waals surface area contributed by atoms with Crippen LogP contribution < -0.4 is 9.47 Å². The van der Waals surface area contributed by atoms with Crippen molar-refractivity contribution in [2.24, 2.45) is 0 Å². The van der Waals surface area contributed by atoms with Crippen molar-refractivity contribution in [3.63, 3.8) is 0 Å². The Kier molecular flexibility index (Phi) is 5.05. The minimum absolute atomic E-state index is 0.123. The molecule has 4 heteroatoms. The quantitative estimate of drug-likeness (QED) is 0.879. The van der Waals surface area contributed by atoms with Gasteiger partial charge < -0.3 is 14.6 Å². The maximum Gasteiger partial charge on any atom is 0.161 e. The molecule has 0 aliphatic heterocycles. The first-order chi connectivity index (χ1) is 9.72. The van der Waals surface area contributed by atoms with E-state index in [0.717, 1.165) is 27.5 Å². The molecule has 104 valence electrons. The van der Waals surface area contributed by atoms with Gasteiger partial charge >= 0.3 is 0 Å². The van der Waals surface area contributed by atoms with Crippen molar-refractivity contribution < 1.29 is 14.6 Å². The summed E-state index contributed by atoms with van der Waals surface area (Å²) in [4.78, 5) is 1.08. The maximum absolute atomic E-state index is 8.66. The topological polar surface area (TPSA) is 38.7 Å². The summed E-state index contributed by atoms with van der Waals surface area (Å²) in [5, 5.41) is 10.6. The number of ether oxygens (including phenoxy) is 2. The van der Waals surface area contributed by atoms with Crippen molar-refractivity contribution in [1.82, 2.24) is 0 Å². The number of aliphatic hydroxyl groups is 1. The van der Waals surface area contributed by atoms with Crippen LogP contribution in [0.2, 0.25) is 0 Å². The molecule has 0 fully saturated rings. The third-order valence-electron chi connectivity index (χ3n) is 2.65. The summed E-state index contributed by atoms with van der Waals surface area (Å²) < 4.78 is 11.1. The zero-order chi connectivity index (χ0) is 14.4. The molecule has 20 heavy (non-hydrogen) atoms. The van der Waals surface area contributed by atoms with Gasteiger partial charge in [0, 0.05) is 15.8 Å². The van der Waals surface area contributed by atoms with Crippen molar-refractivity contribution in [2.45, 2.75) is 13.5 Å². The summed E-state index contributed by atoms with van der Waals surface area (Å²) in [6.45, 7) is 2.37. The largest absolute Gasteiger partial charge is 0.493 e. The standard InChI is InChI=1S/C16H16O3S/c1-12-5-6-15(16(8-12)18-2)19-10-14-9-13(11-20-14)4-3-7-17/h5-6,8-9,11,17H,7,10H2,1-2H3. The minimum Gasteiger partial charge on any atom is -0.493 e. The Morgan fingerprint density at radius 1 is 1.25 bits per heavy atom. The van der Waals surface area contributed by atoms with Crippen LogP contribution in [0.25, 0.3) is 0 Å². The lowest BCUT2D eigenvalue weighted by Gasteiger charge is -2.10. The number of benzene rings is 1. The first-order valence-corrected chi connectivity index (χ1v) is 7.05. The average Bonchev–Trinajstić information content (AvgIpc) is 2.91. The van der Waals surface area contributed by atoms with Crippen LogP contribution in [-0.4, -0.2) is 18.8 Å². The molecule has 3 nitrogen and oxygen atoms in total. The van der Waals surface area contributed by atoms with Crippen molar-refractivity contribution in [3.05, 3.63) is 45.6 Å². The fourth-order valence-corrected chi connectivity index (χ4v) is 2.43. The molecule has 0 spiro atoms. The van der Waals surface area contributed by atoms with E-state index in [9.17, 15) is 0 Å². The number of aliphatic hydroxyl groups excluding tert-OH is 1. The Balaban J connectivity index is 2.03. The van der Waals surface area contributed by atoms with Crippen LogP contribution in [0.5, 0.6) is 11.5 Å². The molecule has 1 aromatic heterocycles. The molecule has 0 unspecified atom stereocenters.